The van der Waals surface area contributed by atoms with Crippen molar-refractivity contribution in [1.82, 2.24) is 15.0 Å². The van der Waals surface area contributed by atoms with Gasteiger partial charge in [0.2, 0.25) is 23.8 Å². The normalized spacial score (nSPS) is 11.9. The molecule has 0 aliphatic rings. The molecular formula is C9H17N7O. The fourth-order valence-corrected chi connectivity index (χ4v) is 1.22. The number of nitrogens with zero attached hydrogens (tertiary/aromatic N) is 4. The van der Waals surface area contributed by atoms with Crippen LogP contribution in [0.3, 0.4) is 0 Å². The predicted molar refractivity (Wildman–Crippen MR) is 65.5 cm³/mol. The van der Waals surface area contributed by atoms with E-state index >= 15 is 0 Å². The summed E-state index contributed by atoms with van der Waals surface area (Å²) in [5, 5.41) is 2.94. The highest BCUT2D eigenvalue weighted by Crippen LogP contribution is 2.10. The van der Waals surface area contributed by atoms with Crippen LogP contribution in [0.25, 0.3) is 0 Å². The van der Waals surface area contributed by atoms with Gasteiger partial charge in [-0.25, -0.2) is 0 Å². The Morgan fingerprint density at radius 1 is 1.41 bits per heavy atom. The van der Waals surface area contributed by atoms with Gasteiger partial charge in [0.1, 0.15) is 0 Å². The molecular weight excluding hydrogens is 222 g/mol. The zero-order chi connectivity index (χ0) is 13.0. The second-order valence-corrected chi connectivity index (χ2v) is 3.93. The zero-order valence-electron chi connectivity index (χ0n) is 10.1. The van der Waals surface area contributed by atoms with Crippen molar-refractivity contribution >= 4 is 23.8 Å². The van der Waals surface area contributed by atoms with Gasteiger partial charge in [-0.15, -0.1) is 0 Å². The average molecular weight is 239 g/mol. The van der Waals surface area contributed by atoms with Crippen molar-refractivity contribution in [2.45, 2.75) is 19.4 Å². The van der Waals surface area contributed by atoms with Gasteiger partial charge in [0, 0.05) is 26.6 Å². The number of nitrogens with two attached hydrogens (primary N) is 2. The van der Waals surface area contributed by atoms with Crippen molar-refractivity contribution in [3.63, 3.8) is 0 Å². The van der Waals surface area contributed by atoms with Gasteiger partial charge < -0.3 is 21.7 Å². The summed E-state index contributed by atoms with van der Waals surface area (Å²) in [4.78, 5) is 24.5. The van der Waals surface area contributed by atoms with E-state index in [-0.39, 0.29) is 24.3 Å². The Balaban J connectivity index is 2.80. The minimum atomic E-state index is -0.389. The molecule has 0 fully saturated rings. The fraction of sp³-hybridized carbons (Fsp3) is 0.556. The summed E-state index contributed by atoms with van der Waals surface area (Å²) >= 11 is 0. The quantitative estimate of drug-likeness (QED) is 0.614. The zero-order valence-corrected chi connectivity index (χ0v) is 10.1. The second kappa shape index (κ2) is 5.28. The minimum Gasteiger partial charge on any atom is -0.370 e. The highest BCUT2D eigenvalue weighted by molar-refractivity contribution is 5.74. The van der Waals surface area contributed by atoms with E-state index in [1.807, 2.05) is 0 Å². The maximum absolute atomic E-state index is 10.7. The summed E-state index contributed by atoms with van der Waals surface area (Å²) in [5.41, 5.74) is 10.6. The molecule has 94 valence electrons. The highest BCUT2D eigenvalue weighted by Gasteiger charge is 2.10. The van der Waals surface area contributed by atoms with E-state index in [2.05, 4.69) is 20.3 Å². The van der Waals surface area contributed by atoms with Gasteiger partial charge in [-0.3, -0.25) is 4.79 Å². The highest BCUT2D eigenvalue weighted by atomic mass is 16.1. The van der Waals surface area contributed by atoms with Crippen LogP contribution in [0.15, 0.2) is 0 Å². The van der Waals surface area contributed by atoms with E-state index in [9.17, 15) is 4.79 Å². The molecule has 1 amide bonds. The SMILES string of the molecule is CC(CC(N)=O)Nc1nc(N)nc(N(C)C)n1. The summed E-state index contributed by atoms with van der Waals surface area (Å²) in [6.07, 6.45) is 0.197. The molecule has 1 unspecified atom stereocenters. The van der Waals surface area contributed by atoms with Crippen molar-refractivity contribution in [3.05, 3.63) is 0 Å². The molecule has 0 saturated carbocycles. The average Bonchev–Trinajstić information content (AvgIpc) is 2.14. The third-order valence-electron chi connectivity index (χ3n) is 1.92. The summed E-state index contributed by atoms with van der Waals surface area (Å²) in [5.74, 6) is 0.513. The van der Waals surface area contributed by atoms with Crippen LogP contribution in [-0.2, 0) is 4.79 Å². The van der Waals surface area contributed by atoms with Gasteiger partial charge in [-0.05, 0) is 6.92 Å². The third-order valence-corrected chi connectivity index (χ3v) is 1.92. The smallest absolute Gasteiger partial charge is 0.231 e. The molecule has 8 nitrogen and oxygen atoms in total. The minimum absolute atomic E-state index is 0.123. The Labute approximate surface area is 99.4 Å². The van der Waals surface area contributed by atoms with E-state index < -0.39 is 0 Å². The van der Waals surface area contributed by atoms with Crippen LogP contribution in [0.1, 0.15) is 13.3 Å². The van der Waals surface area contributed by atoms with Crippen LogP contribution in [0.5, 0.6) is 0 Å². The maximum Gasteiger partial charge on any atom is 0.231 e. The standard InChI is InChI=1S/C9H17N7O/c1-5(4-6(10)17)12-8-13-7(11)14-9(15-8)16(2)3/h5H,4H2,1-3H3,(H2,10,17)(H3,11,12,13,14,15). The summed E-state index contributed by atoms with van der Waals surface area (Å²) < 4.78 is 0. The molecule has 1 heterocycles. The lowest BCUT2D eigenvalue weighted by atomic mass is 10.2. The summed E-state index contributed by atoms with van der Waals surface area (Å²) in [6.45, 7) is 1.81. The Hall–Kier alpha value is -2.12. The molecule has 17 heavy (non-hydrogen) atoms. The molecule has 0 spiro atoms. The van der Waals surface area contributed by atoms with E-state index in [4.69, 9.17) is 11.5 Å². The molecule has 1 atom stereocenters. The Kier molecular flexibility index (Phi) is 4.02. The number of nitrogens with one attached hydrogen (secondary N) is 1. The number of carbonyl (C=O) groups excluding carboxylic acids is 1. The Morgan fingerprint density at radius 2 is 2.06 bits per heavy atom. The number of anilines is 3. The fourth-order valence-electron chi connectivity index (χ4n) is 1.22. The largest absolute Gasteiger partial charge is 0.370 e. The Bertz CT molecular complexity index is 406. The van der Waals surface area contributed by atoms with Crippen molar-refractivity contribution in [1.29, 1.82) is 0 Å². The number of rotatable bonds is 5. The molecule has 1 rings (SSSR count). The molecule has 8 heteroatoms. The van der Waals surface area contributed by atoms with Crippen LogP contribution < -0.4 is 21.7 Å². The van der Waals surface area contributed by atoms with Crippen LogP contribution in [0.2, 0.25) is 0 Å². The van der Waals surface area contributed by atoms with Crippen LogP contribution >= 0.6 is 0 Å². The van der Waals surface area contributed by atoms with Crippen molar-refractivity contribution < 1.29 is 4.79 Å². The molecule has 1 aromatic rings. The summed E-state index contributed by atoms with van der Waals surface area (Å²) in [7, 11) is 3.59. The van der Waals surface area contributed by atoms with Crippen LogP contribution in [0, 0.1) is 0 Å². The maximum atomic E-state index is 10.7. The number of hydrogen-bond donors (Lipinski definition) is 3. The van der Waals surface area contributed by atoms with Crippen molar-refractivity contribution in [2.24, 2.45) is 5.73 Å². The van der Waals surface area contributed by atoms with Gasteiger partial charge in [-0.2, -0.15) is 15.0 Å². The Morgan fingerprint density at radius 3 is 2.59 bits per heavy atom. The predicted octanol–water partition coefficient (Wildman–Crippen LogP) is -0.804. The van der Waals surface area contributed by atoms with E-state index in [0.29, 0.717) is 11.9 Å². The van der Waals surface area contributed by atoms with Crippen molar-refractivity contribution in [2.75, 3.05) is 30.0 Å². The van der Waals surface area contributed by atoms with Crippen molar-refractivity contribution in [3.8, 4) is 0 Å². The van der Waals surface area contributed by atoms with Crippen LogP contribution in [-0.4, -0.2) is 41.0 Å². The van der Waals surface area contributed by atoms with Gasteiger partial charge >= 0.3 is 0 Å². The first-order chi connectivity index (χ1) is 7.88. The molecule has 0 aliphatic heterocycles. The topological polar surface area (TPSA) is 123 Å². The number of nitrogen functional groups attached to an aromatic ring is 1. The molecule has 0 aliphatic carbocycles. The molecule has 1 aromatic heterocycles. The lowest BCUT2D eigenvalue weighted by molar-refractivity contribution is -0.118. The van der Waals surface area contributed by atoms with Gasteiger partial charge in [0.25, 0.3) is 0 Å². The molecule has 0 saturated heterocycles. The molecule has 5 N–H and O–H groups in total. The lowest BCUT2D eigenvalue weighted by Gasteiger charge is -2.15. The number of carbonyl (C=O) groups is 1. The van der Waals surface area contributed by atoms with E-state index in [1.54, 1.807) is 25.9 Å². The molecule has 0 aromatic carbocycles. The van der Waals surface area contributed by atoms with Gasteiger partial charge in [0.05, 0.1) is 0 Å². The first kappa shape index (κ1) is 12.9. The number of aromatic nitrogens is 3. The summed E-state index contributed by atoms with van der Waals surface area (Å²) in [6, 6.07) is -0.163. The molecule has 0 bridgehead atoms. The van der Waals surface area contributed by atoms with Gasteiger partial charge in [-0.1, -0.05) is 0 Å². The first-order valence-electron chi connectivity index (χ1n) is 5.12. The number of primary amides is 1. The third kappa shape index (κ3) is 4.09. The second-order valence-electron chi connectivity index (χ2n) is 3.93. The monoisotopic (exact) mass is 239 g/mol. The van der Waals surface area contributed by atoms with Gasteiger partial charge in [0.15, 0.2) is 0 Å². The first-order valence-corrected chi connectivity index (χ1v) is 5.12. The molecule has 0 radical (unpaired) electrons. The van der Waals surface area contributed by atoms with E-state index in [1.165, 1.54) is 0 Å². The van der Waals surface area contributed by atoms with Crippen LogP contribution in [0.4, 0.5) is 17.8 Å². The number of hydrogen-bond acceptors (Lipinski definition) is 7. The van der Waals surface area contributed by atoms with E-state index in [0.717, 1.165) is 0 Å². The lowest BCUT2D eigenvalue weighted by Crippen LogP contribution is -2.25. The number of amides is 1.